The number of hydrogen-bond acceptors (Lipinski definition) is 1. The molecular formula is C15H21ClO. The lowest BCUT2D eigenvalue weighted by Gasteiger charge is -2.39. The van der Waals surface area contributed by atoms with Gasteiger partial charge in [0.25, 0.3) is 0 Å². The minimum atomic E-state index is -0.514. The molecule has 0 heterocycles. The second-order valence-corrected chi connectivity index (χ2v) is 6.16. The van der Waals surface area contributed by atoms with Crippen molar-refractivity contribution in [2.45, 2.75) is 45.1 Å². The van der Waals surface area contributed by atoms with Crippen molar-refractivity contribution in [3.8, 4) is 0 Å². The highest BCUT2D eigenvalue weighted by molar-refractivity contribution is 6.30. The van der Waals surface area contributed by atoms with Gasteiger partial charge in [-0.05, 0) is 48.8 Å². The number of halogens is 1. The van der Waals surface area contributed by atoms with Crippen molar-refractivity contribution in [3.63, 3.8) is 0 Å². The molecule has 1 aliphatic rings. The summed E-state index contributed by atoms with van der Waals surface area (Å²) in [5.74, 6) is 1.35. The maximum Gasteiger partial charge on any atom is 0.0690 e. The molecule has 1 saturated carbocycles. The van der Waals surface area contributed by atoms with Crippen LogP contribution in [0.15, 0.2) is 24.3 Å². The first kappa shape index (κ1) is 12.9. The fraction of sp³-hybridized carbons (Fsp3) is 0.600. The molecule has 0 spiro atoms. The summed E-state index contributed by atoms with van der Waals surface area (Å²) in [7, 11) is 0. The molecule has 0 aliphatic heterocycles. The highest BCUT2D eigenvalue weighted by atomic mass is 35.5. The summed E-state index contributed by atoms with van der Waals surface area (Å²) >= 11 is 5.87. The van der Waals surface area contributed by atoms with Crippen molar-refractivity contribution in [1.82, 2.24) is 0 Å². The van der Waals surface area contributed by atoms with Gasteiger partial charge < -0.3 is 5.11 Å². The van der Waals surface area contributed by atoms with Gasteiger partial charge in [-0.3, -0.25) is 0 Å². The minimum Gasteiger partial charge on any atom is -0.390 e. The van der Waals surface area contributed by atoms with E-state index in [1.165, 1.54) is 5.56 Å². The van der Waals surface area contributed by atoms with Crippen LogP contribution in [0, 0.1) is 11.8 Å². The Morgan fingerprint density at radius 3 is 2.47 bits per heavy atom. The summed E-state index contributed by atoms with van der Waals surface area (Å²) in [6.45, 7) is 4.53. The summed E-state index contributed by atoms with van der Waals surface area (Å²) < 4.78 is 0. The number of hydrogen-bond donors (Lipinski definition) is 1. The smallest absolute Gasteiger partial charge is 0.0690 e. The van der Waals surface area contributed by atoms with Crippen LogP contribution in [0.2, 0.25) is 5.02 Å². The molecule has 1 aromatic carbocycles. The Hall–Kier alpha value is -0.530. The van der Waals surface area contributed by atoms with Crippen LogP contribution in [0.25, 0.3) is 0 Å². The van der Waals surface area contributed by atoms with Crippen LogP contribution in [0.3, 0.4) is 0 Å². The van der Waals surface area contributed by atoms with Gasteiger partial charge in [0.1, 0.15) is 0 Å². The Kier molecular flexibility index (Phi) is 3.79. The standard InChI is InChI=1S/C15H21ClO/c1-11-7-8-15(17,9-12(11)2)10-13-3-5-14(16)6-4-13/h3-6,11-12,17H,7-10H2,1-2H3. The van der Waals surface area contributed by atoms with E-state index in [0.717, 1.165) is 36.6 Å². The molecule has 94 valence electrons. The van der Waals surface area contributed by atoms with E-state index in [4.69, 9.17) is 11.6 Å². The number of aliphatic hydroxyl groups is 1. The third-order valence-electron chi connectivity index (χ3n) is 4.18. The molecular weight excluding hydrogens is 232 g/mol. The zero-order valence-electron chi connectivity index (χ0n) is 10.6. The Morgan fingerprint density at radius 2 is 1.88 bits per heavy atom. The van der Waals surface area contributed by atoms with Crippen LogP contribution < -0.4 is 0 Å². The van der Waals surface area contributed by atoms with Gasteiger partial charge in [-0.1, -0.05) is 37.6 Å². The first-order chi connectivity index (χ1) is 7.98. The third kappa shape index (κ3) is 3.23. The zero-order chi connectivity index (χ0) is 12.5. The topological polar surface area (TPSA) is 20.2 Å². The highest BCUT2D eigenvalue weighted by Crippen LogP contribution is 2.38. The van der Waals surface area contributed by atoms with Gasteiger partial charge in [-0.2, -0.15) is 0 Å². The van der Waals surface area contributed by atoms with Crippen molar-refractivity contribution < 1.29 is 5.11 Å². The molecule has 0 amide bonds. The average molecular weight is 253 g/mol. The van der Waals surface area contributed by atoms with Gasteiger partial charge >= 0.3 is 0 Å². The maximum atomic E-state index is 10.6. The SMILES string of the molecule is CC1CCC(O)(Cc2ccc(Cl)cc2)CC1C. The average Bonchev–Trinajstić information content (AvgIpc) is 2.28. The van der Waals surface area contributed by atoms with Crippen molar-refractivity contribution in [3.05, 3.63) is 34.9 Å². The molecule has 1 aliphatic carbocycles. The Bertz CT molecular complexity index is 373. The van der Waals surface area contributed by atoms with Gasteiger partial charge in [-0.15, -0.1) is 0 Å². The molecule has 0 aromatic heterocycles. The molecule has 1 fully saturated rings. The molecule has 1 N–H and O–H groups in total. The van der Waals surface area contributed by atoms with E-state index < -0.39 is 5.60 Å². The van der Waals surface area contributed by atoms with Crippen LogP contribution in [0.1, 0.15) is 38.7 Å². The lowest BCUT2D eigenvalue weighted by molar-refractivity contribution is -0.0279. The van der Waals surface area contributed by atoms with Crippen LogP contribution in [-0.4, -0.2) is 10.7 Å². The first-order valence-electron chi connectivity index (χ1n) is 6.45. The highest BCUT2D eigenvalue weighted by Gasteiger charge is 2.35. The predicted octanol–water partition coefficient (Wildman–Crippen LogP) is 4.07. The zero-order valence-corrected chi connectivity index (χ0v) is 11.4. The number of benzene rings is 1. The van der Waals surface area contributed by atoms with Gasteiger partial charge in [0, 0.05) is 11.4 Å². The molecule has 1 aromatic rings. The van der Waals surface area contributed by atoms with E-state index in [1.807, 2.05) is 24.3 Å². The predicted molar refractivity (Wildman–Crippen MR) is 72.3 cm³/mol. The van der Waals surface area contributed by atoms with Crippen LogP contribution in [-0.2, 0) is 6.42 Å². The fourth-order valence-electron chi connectivity index (χ4n) is 2.83. The number of rotatable bonds is 2. The van der Waals surface area contributed by atoms with E-state index in [-0.39, 0.29) is 0 Å². The molecule has 0 saturated heterocycles. The largest absolute Gasteiger partial charge is 0.390 e. The monoisotopic (exact) mass is 252 g/mol. The first-order valence-corrected chi connectivity index (χ1v) is 6.83. The lowest BCUT2D eigenvalue weighted by Crippen LogP contribution is -2.39. The molecule has 2 heteroatoms. The summed E-state index contributed by atoms with van der Waals surface area (Å²) in [4.78, 5) is 0. The van der Waals surface area contributed by atoms with E-state index in [1.54, 1.807) is 0 Å². The van der Waals surface area contributed by atoms with Gasteiger partial charge in [0.2, 0.25) is 0 Å². The van der Waals surface area contributed by atoms with E-state index >= 15 is 0 Å². The second-order valence-electron chi connectivity index (χ2n) is 5.72. The van der Waals surface area contributed by atoms with E-state index in [0.29, 0.717) is 5.92 Å². The van der Waals surface area contributed by atoms with Crippen molar-refractivity contribution in [1.29, 1.82) is 0 Å². The van der Waals surface area contributed by atoms with Crippen LogP contribution >= 0.6 is 11.6 Å². The molecule has 17 heavy (non-hydrogen) atoms. The third-order valence-corrected chi connectivity index (χ3v) is 4.44. The normalized spacial score (nSPS) is 33.6. The quantitative estimate of drug-likeness (QED) is 0.841. The van der Waals surface area contributed by atoms with Crippen molar-refractivity contribution in [2.24, 2.45) is 11.8 Å². The Balaban J connectivity index is 2.05. The summed E-state index contributed by atoms with van der Waals surface area (Å²) in [6.07, 6.45) is 3.71. The fourth-order valence-corrected chi connectivity index (χ4v) is 2.95. The van der Waals surface area contributed by atoms with Crippen LogP contribution in [0.4, 0.5) is 0 Å². The molecule has 0 radical (unpaired) electrons. The summed E-state index contributed by atoms with van der Waals surface area (Å²) in [5, 5.41) is 11.4. The summed E-state index contributed by atoms with van der Waals surface area (Å²) in [5.41, 5.74) is 0.665. The van der Waals surface area contributed by atoms with Gasteiger partial charge in [0.05, 0.1) is 5.60 Å². The van der Waals surface area contributed by atoms with E-state index in [2.05, 4.69) is 13.8 Å². The maximum absolute atomic E-state index is 10.6. The van der Waals surface area contributed by atoms with Crippen LogP contribution in [0.5, 0.6) is 0 Å². The molecule has 2 rings (SSSR count). The molecule has 3 unspecified atom stereocenters. The van der Waals surface area contributed by atoms with Crippen molar-refractivity contribution in [2.75, 3.05) is 0 Å². The molecule has 1 nitrogen and oxygen atoms in total. The lowest BCUT2D eigenvalue weighted by atomic mass is 9.71. The summed E-state index contributed by atoms with van der Waals surface area (Å²) in [6, 6.07) is 7.83. The van der Waals surface area contributed by atoms with Crippen molar-refractivity contribution >= 4 is 11.6 Å². The molecule has 0 bridgehead atoms. The van der Waals surface area contributed by atoms with E-state index in [9.17, 15) is 5.11 Å². The van der Waals surface area contributed by atoms with Gasteiger partial charge in [-0.25, -0.2) is 0 Å². The molecule has 3 atom stereocenters. The Labute approximate surface area is 109 Å². The Morgan fingerprint density at radius 1 is 1.24 bits per heavy atom. The van der Waals surface area contributed by atoms with Gasteiger partial charge in [0.15, 0.2) is 0 Å². The minimum absolute atomic E-state index is 0.514. The second kappa shape index (κ2) is 4.99.